The molecule has 0 aliphatic carbocycles. The molecular formula is C17H28N2O2. The van der Waals surface area contributed by atoms with Gasteiger partial charge in [-0.2, -0.15) is 0 Å². The number of rotatable bonds is 7. The number of nitrogens with zero attached hydrogens (tertiary/aromatic N) is 1. The normalized spacial score (nSPS) is 20.5. The zero-order chi connectivity index (χ0) is 15.1. The van der Waals surface area contributed by atoms with Gasteiger partial charge in [0.05, 0.1) is 19.8 Å². The summed E-state index contributed by atoms with van der Waals surface area (Å²) in [6, 6.07) is 8.92. The van der Waals surface area contributed by atoms with Gasteiger partial charge < -0.3 is 19.7 Å². The van der Waals surface area contributed by atoms with Crippen molar-refractivity contribution in [3.8, 4) is 5.75 Å². The lowest BCUT2D eigenvalue weighted by molar-refractivity contribution is 0.00357. The SMILES string of the molecule is COc1ccc(CCC(C)N(C)CC2CNCCO2)cc1. The second kappa shape index (κ2) is 8.37. The first-order valence-electron chi connectivity index (χ1n) is 7.84. The van der Waals surface area contributed by atoms with Crippen LogP contribution in [0.25, 0.3) is 0 Å². The Kier molecular flexibility index (Phi) is 6.49. The van der Waals surface area contributed by atoms with Crippen molar-refractivity contribution >= 4 is 0 Å². The maximum Gasteiger partial charge on any atom is 0.118 e. The molecule has 1 aliphatic heterocycles. The van der Waals surface area contributed by atoms with Gasteiger partial charge in [0.2, 0.25) is 0 Å². The summed E-state index contributed by atoms with van der Waals surface area (Å²) in [7, 11) is 3.89. The Morgan fingerprint density at radius 2 is 2.14 bits per heavy atom. The summed E-state index contributed by atoms with van der Waals surface area (Å²) in [5.74, 6) is 0.922. The molecule has 21 heavy (non-hydrogen) atoms. The third kappa shape index (κ3) is 5.30. The first kappa shape index (κ1) is 16.3. The molecule has 2 atom stereocenters. The minimum Gasteiger partial charge on any atom is -0.497 e. The van der Waals surface area contributed by atoms with Gasteiger partial charge in [-0.25, -0.2) is 0 Å². The van der Waals surface area contributed by atoms with Crippen LogP contribution in [0, 0.1) is 0 Å². The van der Waals surface area contributed by atoms with Crippen molar-refractivity contribution in [2.24, 2.45) is 0 Å². The Labute approximate surface area is 128 Å². The number of ether oxygens (including phenoxy) is 2. The Morgan fingerprint density at radius 3 is 2.76 bits per heavy atom. The second-order valence-corrected chi connectivity index (χ2v) is 5.87. The summed E-state index contributed by atoms with van der Waals surface area (Å²) in [6.45, 7) is 6.07. The maximum absolute atomic E-state index is 5.77. The van der Waals surface area contributed by atoms with Gasteiger partial charge in [0.1, 0.15) is 5.75 Å². The summed E-state index contributed by atoms with van der Waals surface area (Å²) in [5, 5.41) is 3.38. The molecule has 118 valence electrons. The van der Waals surface area contributed by atoms with Gasteiger partial charge in [-0.05, 0) is 44.5 Å². The van der Waals surface area contributed by atoms with Gasteiger partial charge in [0, 0.05) is 25.7 Å². The van der Waals surface area contributed by atoms with E-state index in [9.17, 15) is 0 Å². The monoisotopic (exact) mass is 292 g/mol. The van der Waals surface area contributed by atoms with Gasteiger partial charge in [-0.3, -0.25) is 0 Å². The number of benzene rings is 1. The Hall–Kier alpha value is -1.10. The highest BCUT2D eigenvalue weighted by atomic mass is 16.5. The molecule has 1 aromatic rings. The number of aryl methyl sites for hydroxylation is 1. The fourth-order valence-electron chi connectivity index (χ4n) is 2.63. The molecule has 0 saturated carbocycles. The molecule has 1 heterocycles. The van der Waals surface area contributed by atoms with Crippen LogP contribution in [0.15, 0.2) is 24.3 Å². The van der Waals surface area contributed by atoms with E-state index in [0.29, 0.717) is 12.1 Å². The van der Waals surface area contributed by atoms with Crippen LogP contribution in [0.4, 0.5) is 0 Å². The largest absolute Gasteiger partial charge is 0.497 e. The quantitative estimate of drug-likeness (QED) is 0.833. The average molecular weight is 292 g/mol. The Morgan fingerprint density at radius 1 is 1.38 bits per heavy atom. The fraction of sp³-hybridized carbons (Fsp3) is 0.647. The molecule has 1 aromatic carbocycles. The smallest absolute Gasteiger partial charge is 0.118 e. The summed E-state index contributed by atoms with van der Waals surface area (Å²) in [5.41, 5.74) is 1.37. The lowest BCUT2D eigenvalue weighted by Gasteiger charge is -2.31. The van der Waals surface area contributed by atoms with E-state index in [4.69, 9.17) is 9.47 Å². The lowest BCUT2D eigenvalue weighted by atomic mass is 10.0. The number of hydrogen-bond donors (Lipinski definition) is 1. The molecule has 4 heteroatoms. The zero-order valence-electron chi connectivity index (χ0n) is 13.5. The number of methoxy groups -OCH3 is 1. The highest BCUT2D eigenvalue weighted by Crippen LogP contribution is 2.14. The number of nitrogens with one attached hydrogen (secondary N) is 1. The molecule has 0 aromatic heterocycles. The van der Waals surface area contributed by atoms with Crippen molar-refractivity contribution in [3.63, 3.8) is 0 Å². The predicted octanol–water partition coefficient (Wildman–Crippen LogP) is 1.94. The van der Waals surface area contributed by atoms with E-state index < -0.39 is 0 Å². The van der Waals surface area contributed by atoms with Gasteiger partial charge in [0.25, 0.3) is 0 Å². The second-order valence-electron chi connectivity index (χ2n) is 5.87. The van der Waals surface area contributed by atoms with Crippen LogP contribution in [0.5, 0.6) is 5.75 Å². The van der Waals surface area contributed by atoms with E-state index in [1.165, 1.54) is 5.56 Å². The number of hydrogen-bond acceptors (Lipinski definition) is 4. The van der Waals surface area contributed by atoms with Gasteiger partial charge in [-0.15, -0.1) is 0 Å². The first-order valence-corrected chi connectivity index (χ1v) is 7.84. The topological polar surface area (TPSA) is 33.7 Å². The van der Waals surface area contributed by atoms with Crippen molar-refractivity contribution < 1.29 is 9.47 Å². The van der Waals surface area contributed by atoms with Crippen LogP contribution >= 0.6 is 0 Å². The van der Waals surface area contributed by atoms with Crippen LogP contribution in [0.3, 0.4) is 0 Å². The van der Waals surface area contributed by atoms with Gasteiger partial charge >= 0.3 is 0 Å². The zero-order valence-corrected chi connectivity index (χ0v) is 13.5. The molecule has 0 radical (unpaired) electrons. The Bertz CT molecular complexity index is 402. The molecular weight excluding hydrogens is 264 g/mol. The predicted molar refractivity (Wildman–Crippen MR) is 86.0 cm³/mol. The van der Waals surface area contributed by atoms with E-state index in [1.807, 2.05) is 12.1 Å². The highest BCUT2D eigenvalue weighted by molar-refractivity contribution is 5.27. The highest BCUT2D eigenvalue weighted by Gasteiger charge is 2.18. The molecule has 2 unspecified atom stereocenters. The molecule has 4 nitrogen and oxygen atoms in total. The van der Waals surface area contributed by atoms with E-state index in [-0.39, 0.29) is 0 Å². The molecule has 2 rings (SSSR count). The molecule has 1 aliphatic rings. The molecule has 1 saturated heterocycles. The molecule has 1 N–H and O–H groups in total. The van der Waals surface area contributed by atoms with Crippen LogP contribution in [0.2, 0.25) is 0 Å². The third-order valence-electron chi connectivity index (χ3n) is 4.26. The summed E-state index contributed by atoms with van der Waals surface area (Å²) in [4.78, 5) is 2.40. The summed E-state index contributed by atoms with van der Waals surface area (Å²) in [6.07, 6.45) is 2.58. The van der Waals surface area contributed by atoms with E-state index in [2.05, 4.69) is 36.3 Å². The maximum atomic E-state index is 5.77. The van der Waals surface area contributed by atoms with E-state index in [1.54, 1.807) is 7.11 Å². The molecule has 0 amide bonds. The van der Waals surface area contributed by atoms with E-state index in [0.717, 1.165) is 44.8 Å². The van der Waals surface area contributed by atoms with Gasteiger partial charge in [0.15, 0.2) is 0 Å². The van der Waals surface area contributed by atoms with Crippen molar-refractivity contribution in [2.45, 2.75) is 31.9 Å². The van der Waals surface area contributed by atoms with E-state index >= 15 is 0 Å². The van der Waals surface area contributed by atoms with Crippen molar-refractivity contribution in [1.29, 1.82) is 0 Å². The standard InChI is InChI=1S/C17H28N2O2/c1-14(19(2)13-17-12-18-10-11-21-17)4-5-15-6-8-16(20-3)9-7-15/h6-9,14,17-18H,4-5,10-13H2,1-3H3. The van der Waals surface area contributed by atoms with Crippen molar-refractivity contribution in [3.05, 3.63) is 29.8 Å². The molecule has 0 spiro atoms. The van der Waals surface area contributed by atoms with Crippen LogP contribution in [0.1, 0.15) is 18.9 Å². The van der Waals surface area contributed by atoms with Crippen LogP contribution < -0.4 is 10.1 Å². The van der Waals surface area contributed by atoms with Crippen molar-refractivity contribution in [1.82, 2.24) is 10.2 Å². The Balaban J connectivity index is 1.73. The van der Waals surface area contributed by atoms with Gasteiger partial charge in [-0.1, -0.05) is 12.1 Å². The minimum absolute atomic E-state index is 0.326. The first-order chi connectivity index (χ1) is 10.2. The minimum atomic E-state index is 0.326. The average Bonchev–Trinajstić information content (AvgIpc) is 2.54. The summed E-state index contributed by atoms with van der Waals surface area (Å²) < 4.78 is 11.0. The number of morpholine rings is 1. The fourth-order valence-corrected chi connectivity index (χ4v) is 2.63. The van der Waals surface area contributed by atoms with Crippen molar-refractivity contribution in [2.75, 3.05) is 40.4 Å². The van der Waals surface area contributed by atoms with Crippen LogP contribution in [-0.2, 0) is 11.2 Å². The lowest BCUT2D eigenvalue weighted by Crippen LogP contribution is -2.46. The summed E-state index contributed by atoms with van der Waals surface area (Å²) >= 11 is 0. The molecule has 0 bridgehead atoms. The van der Waals surface area contributed by atoms with Crippen LogP contribution in [-0.4, -0.2) is 57.4 Å². The number of likely N-dealkylation sites (N-methyl/N-ethyl adjacent to an activating group) is 1. The molecule has 1 fully saturated rings. The third-order valence-corrected chi connectivity index (χ3v) is 4.26.